The molecule has 0 N–H and O–H groups in total. The van der Waals surface area contributed by atoms with Crippen molar-refractivity contribution < 1.29 is 13.5 Å². The van der Waals surface area contributed by atoms with Gasteiger partial charge in [-0.25, -0.2) is 0 Å². The lowest BCUT2D eigenvalue weighted by atomic mass is 9.68. The highest BCUT2D eigenvalue weighted by molar-refractivity contribution is 9.10. The summed E-state index contributed by atoms with van der Waals surface area (Å²) in [6, 6.07) is 6.67. The van der Waals surface area contributed by atoms with E-state index in [0.717, 1.165) is 29.2 Å². The summed E-state index contributed by atoms with van der Waals surface area (Å²) >= 11 is 3.32. The highest BCUT2D eigenvalue weighted by Crippen LogP contribution is 2.46. The van der Waals surface area contributed by atoms with Crippen LogP contribution in [0.2, 0.25) is 0 Å². The predicted molar refractivity (Wildman–Crippen MR) is 115 cm³/mol. The van der Waals surface area contributed by atoms with E-state index in [-0.39, 0.29) is 5.75 Å². The van der Waals surface area contributed by atoms with Gasteiger partial charge in [-0.3, -0.25) is 0 Å². The lowest BCUT2D eigenvalue weighted by Crippen LogP contribution is -2.38. The van der Waals surface area contributed by atoms with Crippen LogP contribution in [0.25, 0.3) is 0 Å². The van der Waals surface area contributed by atoms with Gasteiger partial charge in [-0.05, 0) is 80.5 Å². The summed E-state index contributed by atoms with van der Waals surface area (Å²) in [5, 5.41) is 0. The van der Waals surface area contributed by atoms with Gasteiger partial charge in [0.05, 0.1) is 5.92 Å². The third kappa shape index (κ3) is 6.18. The van der Waals surface area contributed by atoms with Gasteiger partial charge >= 0.3 is 6.11 Å². The van der Waals surface area contributed by atoms with Crippen molar-refractivity contribution in [3.05, 3.63) is 28.7 Å². The number of hydrogen-bond donors (Lipinski definition) is 0. The van der Waals surface area contributed by atoms with Crippen LogP contribution in [0, 0.1) is 23.7 Å². The van der Waals surface area contributed by atoms with E-state index in [0.29, 0.717) is 18.8 Å². The number of unbranched alkanes of at least 4 members (excludes halogenated alkanes) is 2. The van der Waals surface area contributed by atoms with E-state index in [1.54, 1.807) is 24.3 Å². The Hall–Kier alpha value is -0.640. The first-order valence-corrected chi connectivity index (χ1v) is 12.1. The molecular weight excluding hydrogens is 422 g/mol. The molecule has 28 heavy (non-hydrogen) atoms. The molecule has 0 heterocycles. The summed E-state index contributed by atoms with van der Waals surface area (Å²) in [5.41, 5.74) is 0. The second-order valence-electron chi connectivity index (χ2n) is 9.01. The molecular formula is C24H35BrF2O. The second kappa shape index (κ2) is 10.4. The average molecular weight is 457 g/mol. The lowest BCUT2D eigenvalue weighted by Gasteiger charge is -2.39. The summed E-state index contributed by atoms with van der Waals surface area (Å²) in [7, 11) is 0. The number of benzene rings is 1. The van der Waals surface area contributed by atoms with Crippen molar-refractivity contribution in [2.75, 3.05) is 0 Å². The fourth-order valence-electron chi connectivity index (χ4n) is 5.30. The summed E-state index contributed by atoms with van der Waals surface area (Å²) in [6.45, 7) is 2.26. The number of rotatable bonds is 8. The highest BCUT2D eigenvalue weighted by atomic mass is 79.9. The zero-order valence-corrected chi connectivity index (χ0v) is 18.7. The van der Waals surface area contributed by atoms with Gasteiger partial charge in [0.15, 0.2) is 0 Å². The van der Waals surface area contributed by atoms with Gasteiger partial charge in [-0.2, -0.15) is 8.78 Å². The van der Waals surface area contributed by atoms with Crippen LogP contribution in [0.15, 0.2) is 28.7 Å². The molecule has 1 nitrogen and oxygen atoms in total. The number of ether oxygens (including phenoxy) is 1. The topological polar surface area (TPSA) is 9.23 Å². The smallest absolute Gasteiger partial charge is 0.400 e. The van der Waals surface area contributed by atoms with Gasteiger partial charge in [0.1, 0.15) is 5.75 Å². The molecule has 0 amide bonds. The normalized spacial score (nSPS) is 28.9. The molecule has 0 bridgehead atoms. The van der Waals surface area contributed by atoms with Gasteiger partial charge in [-0.1, -0.05) is 61.4 Å². The molecule has 2 aliphatic rings. The largest absolute Gasteiger partial charge is 0.432 e. The van der Waals surface area contributed by atoms with Crippen molar-refractivity contribution in [2.24, 2.45) is 23.7 Å². The van der Waals surface area contributed by atoms with Gasteiger partial charge < -0.3 is 4.74 Å². The molecule has 0 atom stereocenters. The van der Waals surface area contributed by atoms with Crippen LogP contribution < -0.4 is 4.74 Å². The van der Waals surface area contributed by atoms with Crippen LogP contribution in [-0.4, -0.2) is 6.11 Å². The Bertz CT molecular complexity index is 573. The fraction of sp³-hybridized carbons (Fsp3) is 0.750. The molecule has 158 valence electrons. The monoisotopic (exact) mass is 456 g/mol. The maximum atomic E-state index is 14.6. The minimum absolute atomic E-state index is 0.247. The van der Waals surface area contributed by atoms with E-state index >= 15 is 0 Å². The molecule has 0 unspecified atom stereocenters. The average Bonchev–Trinajstić information content (AvgIpc) is 2.70. The Morgan fingerprint density at radius 1 is 0.893 bits per heavy atom. The van der Waals surface area contributed by atoms with Crippen molar-refractivity contribution in [2.45, 2.75) is 90.1 Å². The van der Waals surface area contributed by atoms with Crippen LogP contribution in [0.1, 0.15) is 84.0 Å². The second-order valence-corrected chi connectivity index (χ2v) is 9.92. The SMILES string of the molecule is CCCCCC1CCC(C2CCC(C(F)(F)Oc3ccc(Br)cc3)CC2)CC1. The molecule has 3 rings (SSSR count). The molecule has 0 aliphatic heterocycles. The van der Waals surface area contributed by atoms with E-state index in [2.05, 4.69) is 22.9 Å². The quantitative estimate of drug-likeness (QED) is 0.355. The third-order valence-corrected chi connectivity index (χ3v) is 7.62. The van der Waals surface area contributed by atoms with Gasteiger partial charge in [-0.15, -0.1) is 0 Å². The maximum Gasteiger partial charge on any atom is 0.400 e. The first-order chi connectivity index (χ1) is 13.5. The zero-order chi connectivity index (χ0) is 20.0. The minimum Gasteiger partial charge on any atom is -0.432 e. The Morgan fingerprint density at radius 2 is 1.46 bits per heavy atom. The van der Waals surface area contributed by atoms with Gasteiger partial charge in [0, 0.05) is 4.47 Å². The highest BCUT2D eigenvalue weighted by Gasteiger charge is 2.45. The minimum atomic E-state index is -3.07. The first-order valence-electron chi connectivity index (χ1n) is 11.3. The number of hydrogen-bond acceptors (Lipinski definition) is 1. The van der Waals surface area contributed by atoms with Gasteiger partial charge in [0.25, 0.3) is 0 Å². The Balaban J connectivity index is 1.42. The molecule has 2 aliphatic carbocycles. The molecule has 0 saturated heterocycles. The Morgan fingerprint density at radius 3 is 2.04 bits per heavy atom. The third-order valence-electron chi connectivity index (χ3n) is 7.09. The van der Waals surface area contributed by atoms with E-state index in [1.807, 2.05) is 0 Å². The maximum absolute atomic E-state index is 14.6. The molecule has 1 aromatic rings. The van der Waals surface area contributed by atoms with E-state index in [1.165, 1.54) is 51.4 Å². The van der Waals surface area contributed by atoms with Crippen LogP contribution >= 0.6 is 15.9 Å². The van der Waals surface area contributed by atoms with E-state index < -0.39 is 12.0 Å². The van der Waals surface area contributed by atoms with Crippen LogP contribution in [0.5, 0.6) is 5.75 Å². The standard InChI is InChI=1S/C24H35BrF2O/c1-2-3-4-5-18-6-8-19(9-7-18)20-10-12-21(13-11-20)24(26,27)28-23-16-14-22(25)15-17-23/h14-21H,2-13H2,1H3. The number of alkyl halides is 2. The molecule has 4 heteroatoms. The summed E-state index contributed by atoms with van der Waals surface area (Å²) in [5.74, 6) is 1.93. The van der Waals surface area contributed by atoms with Crippen molar-refractivity contribution in [3.8, 4) is 5.75 Å². The van der Waals surface area contributed by atoms with Crippen molar-refractivity contribution in [1.82, 2.24) is 0 Å². The van der Waals surface area contributed by atoms with Crippen LogP contribution in [-0.2, 0) is 0 Å². The molecule has 2 saturated carbocycles. The lowest BCUT2D eigenvalue weighted by molar-refractivity contribution is -0.224. The molecule has 2 fully saturated rings. The Labute approximate surface area is 177 Å². The number of halogens is 3. The van der Waals surface area contributed by atoms with Crippen molar-refractivity contribution in [1.29, 1.82) is 0 Å². The molecule has 1 aromatic carbocycles. The summed E-state index contributed by atoms with van der Waals surface area (Å²) in [4.78, 5) is 0. The van der Waals surface area contributed by atoms with E-state index in [9.17, 15) is 8.78 Å². The van der Waals surface area contributed by atoms with Crippen LogP contribution in [0.3, 0.4) is 0 Å². The van der Waals surface area contributed by atoms with Crippen molar-refractivity contribution in [3.63, 3.8) is 0 Å². The Kier molecular flexibility index (Phi) is 8.20. The summed E-state index contributed by atoms with van der Waals surface area (Å²) in [6.07, 6.45) is 10.8. The van der Waals surface area contributed by atoms with Gasteiger partial charge in [0.2, 0.25) is 0 Å². The predicted octanol–water partition coefficient (Wildman–Crippen LogP) is 8.61. The molecule has 0 aromatic heterocycles. The molecule has 0 radical (unpaired) electrons. The fourth-order valence-corrected chi connectivity index (χ4v) is 5.57. The van der Waals surface area contributed by atoms with E-state index in [4.69, 9.17) is 4.74 Å². The van der Waals surface area contributed by atoms with Crippen LogP contribution in [0.4, 0.5) is 8.78 Å². The summed E-state index contributed by atoms with van der Waals surface area (Å²) < 4.78 is 35.2. The first kappa shape index (κ1) is 22.1. The molecule has 0 spiro atoms. The zero-order valence-electron chi connectivity index (χ0n) is 17.1. The van der Waals surface area contributed by atoms with Crippen molar-refractivity contribution >= 4 is 15.9 Å².